The summed E-state index contributed by atoms with van der Waals surface area (Å²) in [7, 11) is 1.88. The topological polar surface area (TPSA) is 29.9 Å². The van der Waals surface area contributed by atoms with E-state index < -0.39 is 5.82 Å². The molecule has 6 heteroatoms. The van der Waals surface area contributed by atoms with E-state index in [0.717, 1.165) is 18.7 Å². The zero-order valence-corrected chi connectivity index (χ0v) is 12.8. The van der Waals surface area contributed by atoms with Crippen molar-refractivity contribution in [2.75, 3.05) is 6.54 Å². The van der Waals surface area contributed by atoms with Crippen molar-refractivity contribution in [3.63, 3.8) is 0 Å². The number of halogens is 3. The van der Waals surface area contributed by atoms with E-state index in [2.05, 4.69) is 10.4 Å². The van der Waals surface area contributed by atoms with Gasteiger partial charge in [0.15, 0.2) is 0 Å². The molecule has 0 bridgehead atoms. The first-order chi connectivity index (χ1) is 9.47. The maximum Gasteiger partial charge on any atom is 0.142 e. The highest BCUT2D eigenvalue weighted by molar-refractivity contribution is 6.35. The number of hydrogen-bond donors (Lipinski definition) is 1. The van der Waals surface area contributed by atoms with Crippen molar-refractivity contribution in [2.24, 2.45) is 7.05 Å². The third-order valence-corrected chi connectivity index (χ3v) is 3.72. The van der Waals surface area contributed by atoms with E-state index in [1.807, 2.05) is 26.2 Å². The number of hydrogen-bond acceptors (Lipinski definition) is 2. The lowest BCUT2D eigenvalue weighted by Crippen LogP contribution is -2.22. The van der Waals surface area contributed by atoms with Gasteiger partial charge in [0.1, 0.15) is 5.82 Å². The second-order valence-corrected chi connectivity index (χ2v) is 5.51. The summed E-state index contributed by atoms with van der Waals surface area (Å²) < 4.78 is 15.2. The Morgan fingerprint density at radius 2 is 2.10 bits per heavy atom. The average Bonchev–Trinajstić information content (AvgIpc) is 2.79. The summed E-state index contributed by atoms with van der Waals surface area (Å²) in [4.78, 5) is 0. The first-order valence-electron chi connectivity index (χ1n) is 6.33. The van der Waals surface area contributed by atoms with Crippen LogP contribution in [0.25, 0.3) is 0 Å². The van der Waals surface area contributed by atoms with Crippen molar-refractivity contribution in [3.05, 3.63) is 51.5 Å². The summed E-state index contributed by atoms with van der Waals surface area (Å²) in [5.41, 5.74) is 1.72. The van der Waals surface area contributed by atoms with Crippen LogP contribution in [0.3, 0.4) is 0 Å². The molecule has 1 atom stereocenters. The summed E-state index contributed by atoms with van der Waals surface area (Å²) in [5.74, 6) is -0.454. The number of aromatic nitrogens is 2. The van der Waals surface area contributed by atoms with Crippen molar-refractivity contribution >= 4 is 23.2 Å². The lowest BCUT2D eigenvalue weighted by Gasteiger charge is -2.16. The minimum absolute atomic E-state index is 0.0411. The molecule has 1 heterocycles. The normalized spacial score (nSPS) is 12.7. The van der Waals surface area contributed by atoms with Gasteiger partial charge in [0.2, 0.25) is 0 Å². The van der Waals surface area contributed by atoms with Crippen molar-refractivity contribution in [1.29, 1.82) is 0 Å². The molecule has 0 fully saturated rings. The molecule has 0 saturated carbocycles. The van der Waals surface area contributed by atoms with Crippen molar-refractivity contribution in [1.82, 2.24) is 15.1 Å². The molecular formula is C14H16Cl2FN3. The molecule has 0 spiro atoms. The third kappa shape index (κ3) is 3.72. The fourth-order valence-corrected chi connectivity index (χ4v) is 2.54. The molecule has 0 amide bonds. The summed E-state index contributed by atoms with van der Waals surface area (Å²) >= 11 is 11.8. The van der Waals surface area contributed by atoms with Crippen LogP contribution in [0.5, 0.6) is 0 Å². The van der Waals surface area contributed by atoms with Gasteiger partial charge in [0, 0.05) is 37.3 Å². The Kier molecular flexibility index (Phi) is 5.02. The van der Waals surface area contributed by atoms with E-state index in [0.29, 0.717) is 10.6 Å². The molecule has 1 N–H and O–H groups in total. The summed E-state index contributed by atoms with van der Waals surface area (Å²) in [6, 6.07) is 4.73. The number of nitrogens with one attached hydrogen (secondary N) is 1. The molecule has 0 aliphatic carbocycles. The maximum atomic E-state index is 13.5. The predicted octanol–water partition coefficient (Wildman–Crippen LogP) is 3.76. The minimum atomic E-state index is -0.454. The Morgan fingerprint density at radius 1 is 1.35 bits per heavy atom. The standard InChI is InChI=1S/C14H16Cl2FN3/c1-9(11-7-14(17)13(16)8-12(11)15)18-5-3-10-4-6-20(2)19-10/h4,6-9,18H,3,5H2,1-2H3. The summed E-state index contributed by atoms with van der Waals surface area (Å²) in [5, 5.41) is 8.11. The highest BCUT2D eigenvalue weighted by Gasteiger charge is 2.13. The zero-order valence-electron chi connectivity index (χ0n) is 11.3. The summed E-state index contributed by atoms with van der Waals surface area (Å²) in [6.45, 7) is 2.67. The van der Waals surface area contributed by atoms with Gasteiger partial charge >= 0.3 is 0 Å². The molecular weight excluding hydrogens is 300 g/mol. The average molecular weight is 316 g/mol. The Bertz CT molecular complexity index is 598. The van der Waals surface area contributed by atoms with Crippen LogP contribution < -0.4 is 5.32 Å². The smallest absolute Gasteiger partial charge is 0.142 e. The molecule has 0 saturated heterocycles. The number of benzene rings is 1. The van der Waals surface area contributed by atoms with E-state index in [1.54, 1.807) is 4.68 Å². The van der Waals surface area contributed by atoms with E-state index in [1.165, 1.54) is 12.1 Å². The molecule has 2 aromatic rings. The van der Waals surface area contributed by atoms with E-state index in [9.17, 15) is 4.39 Å². The van der Waals surface area contributed by atoms with Crippen LogP contribution >= 0.6 is 23.2 Å². The van der Waals surface area contributed by atoms with Crippen molar-refractivity contribution in [3.8, 4) is 0 Å². The highest BCUT2D eigenvalue weighted by atomic mass is 35.5. The zero-order chi connectivity index (χ0) is 14.7. The van der Waals surface area contributed by atoms with E-state index in [-0.39, 0.29) is 11.1 Å². The lowest BCUT2D eigenvalue weighted by atomic mass is 10.1. The van der Waals surface area contributed by atoms with Crippen molar-refractivity contribution < 1.29 is 4.39 Å². The van der Waals surface area contributed by atoms with Gasteiger partial charge in [-0.1, -0.05) is 23.2 Å². The third-order valence-electron chi connectivity index (χ3n) is 3.11. The van der Waals surface area contributed by atoms with Crippen LogP contribution in [0.4, 0.5) is 4.39 Å². The first-order valence-corrected chi connectivity index (χ1v) is 7.09. The summed E-state index contributed by atoms with van der Waals surface area (Å²) in [6.07, 6.45) is 2.71. The van der Waals surface area contributed by atoms with Crippen LogP contribution in [0.15, 0.2) is 24.4 Å². The van der Waals surface area contributed by atoms with Gasteiger partial charge in [-0.2, -0.15) is 5.10 Å². The SMILES string of the molecule is CC(NCCc1ccn(C)n1)c1cc(F)c(Cl)cc1Cl. The van der Waals surface area contributed by atoms with Crippen LogP contribution in [0.2, 0.25) is 10.0 Å². The van der Waals surface area contributed by atoms with Gasteiger partial charge < -0.3 is 5.32 Å². The molecule has 1 aromatic heterocycles. The molecule has 1 aromatic carbocycles. The number of rotatable bonds is 5. The fourth-order valence-electron chi connectivity index (χ4n) is 1.99. The van der Waals surface area contributed by atoms with Gasteiger partial charge in [0.25, 0.3) is 0 Å². The largest absolute Gasteiger partial charge is 0.310 e. The van der Waals surface area contributed by atoms with Crippen LogP contribution in [-0.4, -0.2) is 16.3 Å². The Balaban J connectivity index is 1.95. The molecule has 1 unspecified atom stereocenters. The molecule has 20 heavy (non-hydrogen) atoms. The maximum absolute atomic E-state index is 13.5. The van der Waals surface area contributed by atoms with E-state index in [4.69, 9.17) is 23.2 Å². The van der Waals surface area contributed by atoms with Crippen LogP contribution in [0.1, 0.15) is 24.2 Å². The second-order valence-electron chi connectivity index (χ2n) is 4.69. The quantitative estimate of drug-likeness (QED) is 0.851. The van der Waals surface area contributed by atoms with Gasteiger partial charge in [-0.25, -0.2) is 4.39 Å². The van der Waals surface area contributed by atoms with Gasteiger partial charge in [-0.3, -0.25) is 4.68 Å². The predicted molar refractivity (Wildman–Crippen MR) is 79.7 cm³/mol. The second kappa shape index (κ2) is 6.57. The molecule has 0 aliphatic rings. The first kappa shape index (κ1) is 15.3. The van der Waals surface area contributed by atoms with Crippen LogP contribution in [0, 0.1) is 5.82 Å². The molecule has 0 radical (unpaired) electrons. The van der Waals surface area contributed by atoms with E-state index >= 15 is 0 Å². The van der Waals surface area contributed by atoms with Gasteiger partial charge in [0.05, 0.1) is 10.7 Å². The minimum Gasteiger partial charge on any atom is -0.310 e. The highest BCUT2D eigenvalue weighted by Crippen LogP contribution is 2.28. The molecule has 0 aliphatic heterocycles. The molecule has 108 valence electrons. The molecule has 2 rings (SSSR count). The Labute approximate surface area is 127 Å². The number of nitrogens with zero attached hydrogens (tertiary/aromatic N) is 2. The van der Waals surface area contributed by atoms with Crippen LogP contribution in [-0.2, 0) is 13.5 Å². The lowest BCUT2D eigenvalue weighted by molar-refractivity contribution is 0.563. The van der Waals surface area contributed by atoms with Crippen molar-refractivity contribution in [2.45, 2.75) is 19.4 Å². The van der Waals surface area contributed by atoms with Gasteiger partial charge in [-0.15, -0.1) is 0 Å². The Hall–Kier alpha value is -1.10. The van der Waals surface area contributed by atoms with Gasteiger partial charge in [-0.05, 0) is 30.7 Å². The Morgan fingerprint density at radius 3 is 2.75 bits per heavy atom. The fraction of sp³-hybridized carbons (Fsp3) is 0.357. The monoisotopic (exact) mass is 315 g/mol. The number of aryl methyl sites for hydroxylation is 1. The molecule has 3 nitrogen and oxygen atoms in total.